The molecule has 1 unspecified atom stereocenters. The summed E-state index contributed by atoms with van der Waals surface area (Å²) in [6, 6.07) is 0.569. The molecular formula is C15H22N4O2. The summed E-state index contributed by atoms with van der Waals surface area (Å²) < 4.78 is 4.92. The third-order valence-corrected chi connectivity index (χ3v) is 4.30. The number of hydrogen-bond acceptors (Lipinski definition) is 5. The molecule has 0 aromatic carbocycles. The van der Waals surface area contributed by atoms with E-state index in [0.717, 1.165) is 18.7 Å². The summed E-state index contributed by atoms with van der Waals surface area (Å²) in [5.41, 5.74) is 1.02. The average Bonchev–Trinajstić information content (AvgIpc) is 2.94. The van der Waals surface area contributed by atoms with Gasteiger partial charge in [0.1, 0.15) is 6.61 Å². The fraction of sp³-hybridized carbons (Fsp3) is 0.667. The van der Waals surface area contributed by atoms with E-state index in [1.807, 2.05) is 6.20 Å². The number of amides is 1. The third-order valence-electron chi connectivity index (χ3n) is 4.30. The summed E-state index contributed by atoms with van der Waals surface area (Å²) in [6.07, 6.45) is 5.53. The Balaban J connectivity index is 1.70. The number of cyclic esters (lactones) is 1. The van der Waals surface area contributed by atoms with Crippen LogP contribution >= 0.6 is 0 Å². The predicted octanol–water partition coefficient (Wildman–Crippen LogP) is 2.02. The molecule has 2 aliphatic rings. The van der Waals surface area contributed by atoms with E-state index in [0.29, 0.717) is 30.9 Å². The fourth-order valence-electron chi connectivity index (χ4n) is 3.00. The van der Waals surface area contributed by atoms with Crippen LogP contribution in [-0.2, 0) is 4.74 Å². The Kier molecular flexibility index (Phi) is 4.05. The van der Waals surface area contributed by atoms with Crippen molar-refractivity contribution in [2.45, 2.75) is 38.6 Å². The largest absolute Gasteiger partial charge is 0.447 e. The van der Waals surface area contributed by atoms with Crippen LogP contribution in [-0.4, -0.2) is 53.2 Å². The van der Waals surface area contributed by atoms with Crippen LogP contribution in [0, 0.1) is 0 Å². The van der Waals surface area contributed by atoms with Gasteiger partial charge in [0.2, 0.25) is 0 Å². The monoisotopic (exact) mass is 290 g/mol. The maximum atomic E-state index is 11.5. The lowest BCUT2D eigenvalue weighted by Crippen LogP contribution is -2.39. The van der Waals surface area contributed by atoms with Gasteiger partial charge in [0, 0.05) is 18.5 Å². The Morgan fingerprint density at radius 3 is 2.76 bits per heavy atom. The van der Waals surface area contributed by atoms with E-state index in [2.05, 4.69) is 28.7 Å². The molecule has 1 aromatic rings. The highest BCUT2D eigenvalue weighted by molar-refractivity contribution is 5.87. The zero-order valence-corrected chi connectivity index (χ0v) is 12.7. The maximum absolute atomic E-state index is 11.5. The topological polar surface area (TPSA) is 58.6 Å². The first-order valence-corrected chi connectivity index (χ1v) is 7.65. The Morgan fingerprint density at radius 2 is 2.14 bits per heavy atom. The molecule has 1 atom stereocenters. The lowest BCUT2D eigenvalue weighted by atomic mass is 9.94. The average molecular weight is 290 g/mol. The van der Waals surface area contributed by atoms with Gasteiger partial charge in [0.05, 0.1) is 24.6 Å². The van der Waals surface area contributed by atoms with Gasteiger partial charge in [-0.05, 0) is 33.2 Å². The molecule has 0 bridgehead atoms. The number of carbonyl (C=O) groups is 1. The van der Waals surface area contributed by atoms with Crippen LogP contribution in [0.5, 0.6) is 0 Å². The van der Waals surface area contributed by atoms with Gasteiger partial charge in [-0.15, -0.1) is 0 Å². The number of rotatable bonds is 3. The number of likely N-dealkylation sites (tertiary alicyclic amines) is 1. The second kappa shape index (κ2) is 5.97. The molecule has 0 aliphatic carbocycles. The second-order valence-electron chi connectivity index (χ2n) is 5.99. The number of carbonyl (C=O) groups excluding carboxylic acids is 1. The SMILES string of the molecule is CC(C)N1CCCC(c2cnc(N3CCOC3=O)cn2)C1. The minimum Gasteiger partial charge on any atom is -0.447 e. The molecule has 2 fully saturated rings. The first-order chi connectivity index (χ1) is 10.1. The molecule has 0 spiro atoms. The van der Waals surface area contributed by atoms with Crippen LogP contribution < -0.4 is 4.90 Å². The summed E-state index contributed by atoms with van der Waals surface area (Å²) in [7, 11) is 0. The minimum atomic E-state index is -0.333. The molecule has 0 radical (unpaired) electrons. The van der Waals surface area contributed by atoms with Gasteiger partial charge in [-0.25, -0.2) is 9.78 Å². The number of nitrogens with zero attached hydrogens (tertiary/aromatic N) is 4. The summed E-state index contributed by atoms with van der Waals surface area (Å²) in [5.74, 6) is 1.02. The van der Waals surface area contributed by atoms with Crippen molar-refractivity contribution >= 4 is 11.9 Å². The molecule has 114 valence electrons. The number of piperidine rings is 1. The molecule has 1 aromatic heterocycles. The molecule has 1 amide bonds. The van der Waals surface area contributed by atoms with E-state index in [-0.39, 0.29) is 6.09 Å². The summed E-state index contributed by atoms with van der Waals surface area (Å²) >= 11 is 0. The Bertz CT molecular complexity index is 503. The standard InChI is InChI=1S/C15H22N4O2/c1-11(2)18-5-3-4-12(10-18)13-8-17-14(9-16-13)19-6-7-21-15(19)20/h8-9,11-12H,3-7,10H2,1-2H3. The van der Waals surface area contributed by atoms with Crippen molar-refractivity contribution in [3.8, 4) is 0 Å². The van der Waals surface area contributed by atoms with E-state index >= 15 is 0 Å². The third kappa shape index (κ3) is 3.00. The van der Waals surface area contributed by atoms with Gasteiger partial charge in [-0.2, -0.15) is 0 Å². The van der Waals surface area contributed by atoms with Crippen molar-refractivity contribution in [3.05, 3.63) is 18.1 Å². The Morgan fingerprint density at radius 1 is 1.29 bits per heavy atom. The van der Waals surface area contributed by atoms with Crippen molar-refractivity contribution in [1.82, 2.24) is 14.9 Å². The first kappa shape index (κ1) is 14.3. The van der Waals surface area contributed by atoms with Gasteiger partial charge < -0.3 is 9.64 Å². The Hall–Kier alpha value is -1.69. The van der Waals surface area contributed by atoms with Crippen LogP contribution in [0.25, 0.3) is 0 Å². The number of hydrogen-bond donors (Lipinski definition) is 0. The molecule has 3 rings (SSSR count). The van der Waals surface area contributed by atoms with Crippen molar-refractivity contribution in [3.63, 3.8) is 0 Å². The number of anilines is 1. The maximum Gasteiger partial charge on any atom is 0.415 e. The molecule has 2 aliphatic heterocycles. The van der Waals surface area contributed by atoms with Gasteiger partial charge in [0.15, 0.2) is 5.82 Å². The van der Waals surface area contributed by atoms with E-state index in [9.17, 15) is 4.79 Å². The van der Waals surface area contributed by atoms with Crippen molar-refractivity contribution in [2.24, 2.45) is 0 Å². The summed E-state index contributed by atoms with van der Waals surface area (Å²) in [6.45, 7) is 7.65. The highest BCUT2D eigenvalue weighted by Gasteiger charge is 2.27. The van der Waals surface area contributed by atoms with Gasteiger partial charge >= 0.3 is 6.09 Å². The summed E-state index contributed by atoms with van der Waals surface area (Å²) in [5, 5.41) is 0. The molecule has 2 saturated heterocycles. The van der Waals surface area contributed by atoms with Crippen LogP contribution in [0.4, 0.5) is 10.6 Å². The van der Waals surface area contributed by atoms with Crippen molar-refractivity contribution in [1.29, 1.82) is 0 Å². The van der Waals surface area contributed by atoms with Gasteiger partial charge in [-0.3, -0.25) is 9.88 Å². The predicted molar refractivity (Wildman–Crippen MR) is 79.4 cm³/mol. The van der Waals surface area contributed by atoms with Gasteiger partial charge in [-0.1, -0.05) is 0 Å². The molecule has 6 heteroatoms. The lowest BCUT2D eigenvalue weighted by Gasteiger charge is -2.35. The fourth-order valence-corrected chi connectivity index (χ4v) is 3.00. The van der Waals surface area contributed by atoms with Crippen LogP contribution in [0.15, 0.2) is 12.4 Å². The quantitative estimate of drug-likeness (QED) is 0.852. The molecule has 6 nitrogen and oxygen atoms in total. The molecule has 3 heterocycles. The van der Waals surface area contributed by atoms with E-state index in [1.54, 1.807) is 6.20 Å². The van der Waals surface area contributed by atoms with E-state index in [4.69, 9.17) is 4.74 Å². The van der Waals surface area contributed by atoms with Gasteiger partial charge in [0.25, 0.3) is 0 Å². The molecule has 21 heavy (non-hydrogen) atoms. The van der Waals surface area contributed by atoms with E-state index in [1.165, 1.54) is 17.9 Å². The zero-order valence-electron chi connectivity index (χ0n) is 12.7. The second-order valence-corrected chi connectivity index (χ2v) is 5.99. The van der Waals surface area contributed by atoms with Crippen molar-refractivity contribution in [2.75, 3.05) is 31.1 Å². The smallest absolute Gasteiger partial charge is 0.415 e. The van der Waals surface area contributed by atoms with Crippen LogP contribution in [0.3, 0.4) is 0 Å². The van der Waals surface area contributed by atoms with Crippen molar-refractivity contribution < 1.29 is 9.53 Å². The molecule has 0 saturated carbocycles. The number of aromatic nitrogens is 2. The lowest BCUT2D eigenvalue weighted by molar-refractivity contribution is 0.166. The highest BCUT2D eigenvalue weighted by Crippen LogP contribution is 2.27. The minimum absolute atomic E-state index is 0.333. The van der Waals surface area contributed by atoms with E-state index < -0.39 is 0 Å². The first-order valence-electron chi connectivity index (χ1n) is 7.65. The highest BCUT2D eigenvalue weighted by atomic mass is 16.6. The molecule has 0 N–H and O–H groups in total. The Labute approximate surface area is 125 Å². The summed E-state index contributed by atoms with van der Waals surface area (Å²) in [4.78, 5) is 24.5. The molecular weight excluding hydrogens is 268 g/mol. The van der Waals surface area contributed by atoms with Crippen LogP contribution in [0.1, 0.15) is 38.3 Å². The van der Waals surface area contributed by atoms with Crippen LogP contribution in [0.2, 0.25) is 0 Å². The normalized spacial score (nSPS) is 23.7. The zero-order chi connectivity index (χ0) is 14.8. The number of ether oxygens (including phenoxy) is 1.